The molecule has 0 spiro atoms. The fourth-order valence-corrected chi connectivity index (χ4v) is 1.33. The summed E-state index contributed by atoms with van der Waals surface area (Å²) >= 11 is 3.32. The van der Waals surface area contributed by atoms with Gasteiger partial charge in [0.2, 0.25) is 5.91 Å². The molecular formula is C9H10N2O6S. The van der Waals surface area contributed by atoms with Gasteiger partial charge in [-0.1, -0.05) is 12.6 Å². The molecule has 98 valence electrons. The number of hydroxylamine groups is 2. The Hall–Kier alpha value is -1.90. The van der Waals surface area contributed by atoms with Gasteiger partial charge in [0.15, 0.2) is 0 Å². The van der Waals surface area contributed by atoms with Crippen molar-refractivity contribution in [1.82, 2.24) is 10.4 Å². The lowest BCUT2D eigenvalue weighted by atomic mass is 10.3. The van der Waals surface area contributed by atoms with Crippen molar-refractivity contribution in [3.8, 4) is 0 Å². The van der Waals surface area contributed by atoms with Gasteiger partial charge in [-0.2, -0.15) is 0 Å². The largest absolute Gasteiger partial charge is 0.333 e. The first-order chi connectivity index (χ1) is 8.40. The summed E-state index contributed by atoms with van der Waals surface area (Å²) in [6.45, 7) is 0. The maximum Gasteiger partial charge on any atom is 0.333 e. The number of nitrogens with zero attached hydrogens (tertiary/aromatic N) is 1. The van der Waals surface area contributed by atoms with Crippen molar-refractivity contribution in [3.05, 3.63) is 0 Å². The van der Waals surface area contributed by atoms with E-state index in [0.717, 1.165) is 0 Å². The third-order valence-corrected chi connectivity index (χ3v) is 2.11. The number of carbonyl (C=O) groups excluding carboxylic acids is 5. The first-order valence-electron chi connectivity index (χ1n) is 4.99. The van der Waals surface area contributed by atoms with Gasteiger partial charge in [0.1, 0.15) is 0 Å². The van der Waals surface area contributed by atoms with Gasteiger partial charge in [0, 0.05) is 19.3 Å². The number of hydrogen-bond donors (Lipinski definition) is 2. The van der Waals surface area contributed by atoms with Gasteiger partial charge < -0.3 is 4.84 Å². The molecule has 1 heterocycles. The monoisotopic (exact) mass is 274 g/mol. The number of imide groups is 2. The minimum absolute atomic E-state index is 0.000748. The van der Waals surface area contributed by atoms with E-state index in [9.17, 15) is 24.0 Å². The predicted molar refractivity (Wildman–Crippen MR) is 58.9 cm³/mol. The molecule has 1 rings (SSSR count). The first kappa shape index (κ1) is 14.2. The van der Waals surface area contributed by atoms with Gasteiger partial charge in [-0.3, -0.25) is 24.5 Å². The lowest BCUT2D eigenvalue weighted by Gasteiger charge is -2.12. The highest BCUT2D eigenvalue weighted by Gasteiger charge is 2.32. The van der Waals surface area contributed by atoms with Crippen molar-refractivity contribution in [1.29, 1.82) is 0 Å². The number of amides is 4. The Morgan fingerprint density at radius 2 is 1.72 bits per heavy atom. The Bertz CT molecular complexity index is 405. The highest BCUT2D eigenvalue weighted by atomic mass is 32.1. The molecule has 0 unspecified atom stereocenters. The average Bonchev–Trinajstić information content (AvgIpc) is 2.57. The molecule has 9 heteroatoms. The van der Waals surface area contributed by atoms with Crippen LogP contribution in [0.25, 0.3) is 0 Å². The topological polar surface area (TPSA) is 110 Å². The van der Waals surface area contributed by atoms with Gasteiger partial charge in [-0.25, -0.2) is 4.79 Å². The summed E-state index contributed by atoms with van der Waals surface area (Å²) in [6, 6.07) is 0. The zero-order chi connectivity index (χ0) is 13.7. The van der Waals surface area contributed by atoms with Crippen LogP contribution in [0.5, 0.6) is 0 Å². The van der Waals surface area contributed by atoms with E-state index in [-0.39, 0.29) is 25.7 Å². The van der Waals surface area contributed by atoms with E-state index in [0.29, 0.717) is 5.06 Å². The quantitative estimate of drug-likeness (QED) is 0.530. The lowest BCUT2D eigenvalue weighted by molar-refractivity contribution is -0.197. The molecule has 0 radical (unpaired) electrons. The smallest absolute Gasteiger partial charge is 0.330 e. The van der Waals surface area contributed by atoms with Crippen LogP contribution >= 0.6 is 12.6 Å². The van der Waals surface area contributed by atoms with Crippen molar-refractivity contribution in [3.63, 3.8) is 0 Å². The summed E-state index contributed by atoms with van der Waals surface area (Å²) in [5.74, 6) is -2.79. The third kappa shape index (κ3) is 4.17. The molecule has 1 aliphatic heterocycles. The van der Waals surface area contributed by atoms with Crippen molar-refractivity contribution in [2.75, 3.05) is 0 Å². The summed E-state index contributed by atoms with van der Waals surface area (Å²) in [5, 5.41) is 1.40. The molecule has 1 fully saturated rings. The van der Waals surface area contributed by atoms with E-state index in [1.807, 2.05) is 5.32 Å². The van der Waals surface area contributed by atoms with Crippen LogP contribution in [0.4, 0.5) is 4.79 Å². The minimum Gasteiger partial charge on any atom is -0.330 e. The van der Waals surface area contributed by atoms with Crippen LogP contribution in [0.15, 0.2) is 0 Å². The van der Waals surface area contributed by atoms with Crippen molar-refractivity contribution in [2.45, 2.75) is 25.7 Å². The van der Waals surface area contributed by atoms with Gasteiger partial charge in [-0.05, 0) is 0 Å². The zero-order valence-electron chi connectivity index (χ0n) is 9.17. The van der Waals surface area contributed by atoms with E-state index in [1.165, 1.54) is 0 Å². The molecule has 1 saturated heterocycles. The number of hydrogen-bond acceptors (Lipinski definition) is 6. The molecule has 0 aromatic heterocycles. The Kier molecular flexibility index (Phi) is 4.84. The summed E-state index contributed by atoms with van der Waals surface area (Å²) in [5.41, 5.74) is 0. The molecule has 4 amide bonds. The van der Waals surface area contributed by atoms with Crippen LogP contribution in [0, 0.1) is 0 Å². The standard InChI is InChI=1S/C9H10N2O6S/c12-5(10-9(16)18)1-4-8(15)17-11-6(13)2-3-7(11)14/h1-4H2,(H2,10,12,16,18). The molecule has 1 aliphatic rings. The molecule has 0 bridgehead atoms. The second-order valence-corrected chi connectivity index (χ2v) is 3.80. The maximum atomic E-state index is 11.2. The van der Waals surface area contributed by atoms with Gasteiger partial charge >= 0.3 is 5.97 Å². The normalized spacial score (nSPS) is 14.6. The van der Waals surface area contributed by atoms with E-state index >= 15 is 0 Å². The Morgan fingerprint density at radius 3 is 2.22 bits per heavy atom. The second kappa shape index (κ2) is 6.15. The first-order valence-corrected chi connectivity index (χ1v) is 5.44. The molecule has 1 N–H and O–H groups in total. The second-order valence-electron chi connectivity index (χ2n) is 3.40. The van der Waals surface area contributed by atoms with E-state index in [1.54, 1.807) is 0 Å². The van der Waals surface area contributed by atoms with E-state index < -0.39 is 28.9 Å². The molecule has 0 atom stereocenters. The summed E-state index contributed by atoms with van der Waals surface area (Å²) in [7, 11) is 0. The maximum absolute atomic E-state index is 11.2. The highest BCUT2D eigenvalue weighted by Crippen LogP contribution is 2.12. The van der Waals surface area contributed by atoms with Gasteiger partial charge in [0.25, 0.3) is 17.1 Å². The molecular weight excluding hydrogens is 264 g/mol. The summed E-state index contributed by atoms with van der Waals surface area (Å²) in [6.07, 6.45) is -0.660. The molecule has 0 aliphatic carbocycles. The van der Waals surface area contributed by atoms with E-state index in [2.05, 4.69) is 17.5 Å². The fraction of sp³-hybridized carbons (Fsp3) is 0.444. The SMILES string of the molecule is O=C(S)NC(=O)CCC(=O)ON1C(=O)CCC1=O. The van der Waals surface area contributed by atoms with Gasteiger partial charge in [-0.15, -0.1) is 5.06 Å². The molecule has 0 aromatic carbocycles. The van der Waals surface area contributed by atoms with Crippen LogP contribution < -0.4 is 5.32 Å². The van der Waals surface area contributed by atoms with Crippen molar-refractivity contribution >= 4 is 41.6 Å². The van der Waals surface area contributed by atoms with Gasteiger partial charge in [0.05, 0.1) is 6.42 Å². The van der Waals surface area contributed by atoms with Crippen LogP contribution in [0.3, 0.4) is 0 Å². The van der Waals surface area contributed by atoms with Crippen LogP contribution in [0.1, 0.15) is 25.7 Å². The Balaban J connectivity index is 2.34. The predicted octanol–water partition coefficient (Wildman–Crippen LogP) is -0.460. The Morgan fingerprint density at radius 1 is 1.17 bits per heavy atom. The Labute approximate surface area is 107 Å². The van der Waals surface area contributed by atoms with Crippen molar-refractivity contribution in [2.24, 2.45) is 0 Å². The number of thiol groups is 1. The van der Waals surface area contributed by atoms with Crippen LogP contribution in [-0.4, -0.2) is 34.0 Å². The summed E-state index contributed by atoms with van der Waals surface area (Å²) < 4.78 is 0. The fourth-order valence-electron chi connectivity index (χ4n) is 1.20. The third-order valence-electron chi connectivity index (χ3n) is 2.00. The molecule has 18 heavy (non-hydrogen) atoms. The number of nitrogens with one attached hydrogen (secondary N) is 1. The minimum atomic E-state index is -0.902. The van der Waals surface area contributed by atoms with Crippen LogP contribution in [0.2, 0.25) is 0 Å². The number of carbonyl (C=O) groups is 5. The molecule has 0 aromatic rings. The highest BCUT2D eigenvalue weighted by molar-refractivity contribution is 7.96. The molecule has 0 saturated carbocycles. The van der Waals surface area contributed by atoms with E-state index in [4.69, 9.17) is 0 Å². The zero-order valence-corrected chi connectivity index (χ0v) is 10.1. The summed E-state index contributed by atoms with van der Waals surface area (Å²) in [4.78, 5) is 59.3. The number of rotatable bonds is 4. The van der Waals surface area contributed by atoms with Crippen LogP contribution in [-0.2, 0) is 24.0 Å². The lowest BCUT2D eigenvalue weighted by Crippen LogP contribution is -2.33. The average molecular weight is 274 g/mol. The van der Waals surface area contributed by atoms with Crippen molar-refractivity contribution < 1.29 is 28.8 Å². The molecule has 8 nitrogen and oxygen atoms in total.